The van der Waals surface area contributed by atoms with E-state index in [1.165, 1.54) is 4.68 Å². The normalized spacial score (nSPS) is 12.7. The lowest BCUT2D eigenvalue weighted by Gasteiger charge is -2.10. The molecule has 0 radical (unpaired) electrons. The van der Waals surface area contributed by atoms with Gasteiger partial charge in [-0.2, -0.15) is 5.10 Å². The van der Waals surface area contributed by atoms with Crippen molar-refractivity contribution in [2.45, 2.75) is 27.2 Å². The lowest BCUT2D eigenvalue weighted by molar-refractivity contribution is 0.491. The van der Waals surface area contributed by atoms with Gasteiger partial charge in [0.1, 0.15) is 5.69 Å². The van der Waals surface area contributed by atoms with Crippen LogP contribution in [0.1, 0.15) is 23.9 Å². The molecule has 114 valence electrons. The number of halogens is 3. The molecular formula is C15H18F3N3. The van der Waals surface area contributed by atoms with Gasteiger partial charge in [0.15, 0.2) is 17.5 Å². The van der Waals surface area contributed by atoms with Crippen LogP contribution >= 0.6 is 0 Å². The first-order valence-corrected chi connectivity index (χ1v) is 6.75. The Labute approximate surface area is 121 Å². The van der Waals surface area contributed by atoms with E-state index in [0.717, 1.165) is 17.3 Å². The maximum Gasteiger partial charge on any atom is 0.161 e. The molecule has 0 aliphatic heterocycles. The topological polar surface area (TPSA) is 43.8 Å². The predicted molar refractivity (Wildman–Crippen MR) is 74.8 cm³/mol. The largest absolute Gasteiger partial charge is 0.330 e. The molecule has 6 heteroatoms. The molecule has 2 rings (SSSR count). The first kappa shape index (κ1) is 15.6. The minimum atomic E-state index is -1.21. The Hall–Kier alpha value is -1.82. The van der Waals surface area contributed by atoms with Crippen LogP contribution in [0.15, 0.2) is 12.1 Å². The van der Waals surface area contributed by atoms with Gasteiger partial charge >= 0.3 is 0 Å². The Morgan fingerprint density at radius 2 is 1.76 bits per heavy atom. The lowest BCUT2D eigenvalue weighted by Crippen LogP contribution is -2.14. The average molecular weight is 297 g/mol. The monoisotopic (exact) mass is 297 g/mol. The van der Waals surface area contributed by atoms with Crippen LogP contribution in [-0.2, 0) is 6.42 Å². The van der Waals surface area contributed by atoms with Crippen molar-refractivity contribution in [1.82, 2.24) is 9.78 Å². The Morgan fingerprint density at radius 3 is 2.38 bits per heavy atom. The van der Waals surface area contributed by atoms with Crippen molar-refractivity contribution in [2.75, 3.05) is 6.54 Å². The number of rotatable bonds is 4. The first-order chi connectivity index (χ1) is 9.85. The van der Waals surface area contributed by atoms with Crippen LogP contribution < -0.4 is 5.73 Å². The van der Waals surface area contributed by atoms with Crippen molar-refractivity contribution >= 4 is 0 Å². The molecule has 0 aliphatic rings. The van der Waals surface area contributed by atoms with E-state index >= 15 is 0 Å². The zero-order chi connectivity index (χ0) is 15.7. The van der Waals surface area contributed by atoms with Gasteiger partial charge in [0.05, 0.1) is 5.69 Å². The third-order valence-electron chi connectivity index (χ3n) is 3.61. The van der Waals surface area contributed by atoms with Crippen molar-refractivity contribution in [2.24, 2.45) is 11.7 Å². The molecule has 0 saturated heterocycles. The molecule has 1 heterocycles. The van der Waals surface area contributed by atoms with Gasteiger partial charge in [-0.15, -0.1) is 0 Å². The van der Waals surface area contributed by atoms with Crippen LogP contribution in [0.3, 0.4) is 0 Å². The minimum Gasteiger partial charge on any atom is -0.330 e. The Morgan fingerprint density at radius 1 is 1.14 bits per heavy atom. The molecule has 1 atom stereocenters. The van der Waals surface area contributed by atoms with E-state index in [-0.39, 0.29) is 11.6 Å². The summed E-state index contributed by atoms with van der Waals surface area (Å²) in [5.41, 5.74) is 7.92. The summed E-state index contributed by atoms with van der Waals surface area (Å²) in [6.45, 7) is 6.12. The quantitative estimate of drug-likeness (QED) is 0.882. The molecule has 0 amide bonds. The third-order valence-corrected chi connectivity index (χ3v) is 3.61. The number of aromatic nitrogens is 2. The maximum atomic E-state index is 13.9. The van der Waals surface area contributed by atoms with Gasteiger partial charge in [-0.05, 0) is 38.3 Å². The summed E-state index contributed by atoms with van der Waals surface area (Å²) in [4.78, 5) is 0. The molecule has 0 aliphatic carbocycles. The maximum absolute atomic E-state index is 13.9. The summed E-state index contributed by atoms with van der Waals surface area (Å²) in [6, 6.07) is 1.35. The number of hydrogen-bond donors (Lipinski definition) is 1. The summed E-state index contributed by atoms with van der Waals surface area (Å²) >= 11 is 0. The molecule has 1 unspecified atom stereocenters. The van der Waals surface area contributed by atoms with Crippen LogP contribution in [0, 0.1) is 37.2 Å². The number of aryl methyl sites for hydroxylation is 1. The molecule has 2 N–H and O–H groups in total. The number of hydrogen-bond acceptors (Lipinski definition) is 2. The highest BCUT2D eigenvalue weighted by molar-refractivity contribution is 5.39. The van der Waals surface area contributed by atoms with E-state index in [0.29, 0.717) is 24.7 Å². The standard InChI is InChI=1S/C15H18F3N3/c1-8(7-19)4-11-9(2)20-21(10(11)3)15-6-13(17)12(16)5-14(15)18/h5-6,8H,4,7,19H2,1-3H3. The van der Waals surface area contributed by atoms with Crippen molar-refractivity contribution in [3.05, 3.63) is 46.5 Å². The molecule has 0 saturated carbocycles. The van der Waals surface area contributed by atoms with Crippen LogP contribution in [0.2, 0.25) is 0 Å². The van der Waals surface area contributed by atoms with Crippen molar-refractivity contribution in [1.29, 1.82) is 0 Å². The Kier molecular flexibility index (Phi) is 4.37. The average Bonchev–Trinajstić information content (AvgIpc) is 2.70. The summed E-state index contributed by atoms with van der Waals surface area (Å²) in [7, 11) is 0. The molecule has 0 fully saturated rings. The molecular weight excluding hydrogens is 279 g/mol. The summed E-state index contributed by atoms with van der Waals surface area (Å²) in [5.74, 6) is -2.90. The van der Waals surface area contributed by atoms with Crippen molar-refractivity contribution in [3.63, 3.8) is 0 Å². The molecule has 0 bridgehead atoms. The van der Waals surface area contributed by atoms with Crippen LogP contribution in [0.25, 0.3) is 5.69 Å². The molecule has 3 nitrogen and oxygen atoms in total. The third kappa shape index (κ3) is 2.95. The van der Waals surface area contributed by atoms with E-state index in [4.69, 9.17) is 5.73 Å². The zero-order valence-corrected chi connectivity index (χ0v) is 12.3. The second-order valence-electron chi connectivity index (χ2n) is 5.32. The molecule has 21 heavy (non-hydrogen) atoms. The van der Waals surface area contributed by atoms with Crippen LogP contribution in [0.4, 0.5) is 13.2 Å². The number of nitrogens with two attached hydrogens (primary N) is 1. The Bertz CT molecular complexity index is 665. The lowest BCUT2D eigenvalue weighted by atomic mass is 10.00. The van der Waals surface area contributed by atoms with E-state index in [1.807, 2.05) is 6.92 Å². The molecule has 2 aromatic rings. The Balaban J connectivity index is 2.51. The van der Waals surface area contributed by atoms with Gasteiger partial charge in [0.2, 0.25) is 0 Å². The summed E-state index contributed by atoms with van der Waals surface area (Å²) in [5, 5.41) is 4.25. The highest BCUT2D eigenvalue weighted by Gasteiger charge is 2.18. The molecule has 1 aromatic heterocycles. The van der Waals surface area contributed by atoms with Gasteiger partial charge in [-0.25, -0.2) is 17.9 Å². The first-order valence-electron chi connectivity index (χ1n) is 6.75. The highest BCUT2D eigenvalue weighted by Crippen LogP contribution is 2.23. The number of benzene rings is 1. The smallest absolute Gasteiger partial charge is 0.161 e. The second kappa shape index (κ2) is 5.89. The van der Waals surface area contributed by atoms with Crippen molar-refractivity contribution < 1.29 is 13.2 Å². The molecule has 0 spiro atoms. The van der Waals surface area contributed by atoms with Gasteiger partial charge in [0, 0.05) is 17.8 Å². The highest BCUT2D eigenvalue weighted by atomic mass is 19.2. The van der Waals surface area contributed by atoms with Crippen LogP contribution in [0.5, 0.6) is 0 Å². The van der Waals surface area contributed by atoms with Gasteiger partial charge in [0.25, 0.3) is 0 Å². The fourth-order valence-corrected chi connectivity index (χ4v) is 2.31. The fraction of sp³-hybridized carbons (Fsp3) is 0.400. The van der Waals surface area contributed by atoms with Gasteiger partial charge in [-0.1, -0.05) is 6.92 Å². The summed E-state index contributed by atoms with van der Waals surface area (Å²) < 4.78 is 41.6. The van der Waals surface area contributed by atoms with Crippen molar-refractivity contribution in [3.8, 4) is 5.69 Å². The van der Waals surface area contributed by atoms with E-state index in [2.05, 4.69) is 5.10 Å². The number of nitrogens with zero attached hydrogens (tertiary/aromatic N) is 2. The van der Waals surface area contributed by atoms with E-state index in [9.17, 15) is 13.2 Å². The van der Waals surface area contributed by atoms with Gasteiger partial charge in [-0.3, -0.25) is 0 Å². The van der Waals surface area contributed by atoms with E-state index < -0.39 is 17.5 Å². The molecule has 1 aromatic carbocycles. The van der Waals surface area contributed by atoms with E-state index in [1.54, 1.807) is 13.8 Å². The second-order valence-corrected chi connectivity index (χ2v) is 5.32. The SMILES string of the molecule is Cc1nn(-c2cc(F)c(F)cc2F)c(C)c1CC(C)CN. The summed E-state index contributed by atoms with van der Waals surface area (Å²) in [6.07, 6.45) is 0.708. The van der Waals surface area contributed by atoms with Crippen LogP contribution in [-0.4, -0.2) is 16.3 Å². The zero-order valence-electron chi connectivity index (χ0n) is 12.3. The minimum absolute atomic E-state index is 0.0962. The fourth-order valence-electron chi connectivity index (χ4n) is 2.31. The predicted octanol–water partition coefficient (Wildman–Crippen LogP) is 3.04. The van der Waals surface area contributed by atoms with Gasteiger partial charge < -0.3 is 5.73 Å².